The molecule has 1 unspecified atom stereocenters. The van der Waals surface area contributed by atoms with Crippen molar-refractivity contribution in [2.24, 2.45) is 0 Å². The first-order valence-electron chi connectivity index (χ1n) is 6.36. The van der Waals surface area contributed by atoms with E-state index in [1.54, 1.807) is 7.11 Å². The number of aliphatic hydroxyl groups is 1. The van der Waals surface area contributed by atoms with E-state index in [1.807, 2.05) is 24.3 Å². The Morgan fingerprint density at radius 2 is 1.80 bits per heavy atom. The van der Waals surface area contributed by atoms with Crippen LogP contribution in [0.4, 0.5) is 8.78 Å². The van der Waals surface area contributed by atoms with Gasteiger partial charge in [0.05, 0.1) is 13.2 Å². The second-order valence-electron chi connectivity index (χ2n) is 4.55. The third-order valence-corrected chi connectivity index (χ3v) is 3.21. The van der Waals surface area contributed by atoms with Gasteiger partial charge in [-0.3, -0.25) is 0 Å². The molecule has 2 rings (SSSR count). The number of halogens is 2. The summed E-state index contributed by atoms with van der Waals surface area (Å²) in [6, 6.07) is 11.2. The van der Waals surface area contributed by atoms with Crippen LogP contribution in [0.5, 0.6) is 5.75 Å². The van der Waals surface area contributed by atoms with Crippen molar-refractivity contribution in [3.63, 3.8) is 0 Å². The van der Waals surface area contributed by atoms with Gasteiger partial charge in [0.15, 0.2) is 11.6 Å². The highest BCUT2D eigenvalue weighted by Crippen LogP contribution is 2.23. The molecule has 4 heteroatoms. The van der Waals surface area contributed by atoms with Crippen molar-refractivity contribution in [1.82, 2.24) is 0 Å². The number of aryl methyl sites for hydroxylation is 1. The largest absolute Gasteiger partial charge is 0.497 e. The number of aliphatic hydroxyl groups excluding tert-OH is 1. The van der Waals surface area contributed by atoms with Gasteiger partial charge in [-0.25, -0.2) is 8.78 Å². The van der Waals surface area contributed by atoms with E-state index >= 15 is 0 Å². The third kappa shape index (κ3) is 3.33. The molecule has 2 nitrogen and oxygen atoms in total. The van der Waals surface area contributed by atoms with Crippen LogP contribution in [-0.2, 0) is 6.42 Å². The highest BCUT2D eigenvalue weighted by molar-refractivity contribution is 5.27. The third-order valence-electron chi connectivity index (χ3n) is 3.21. The van der Waals surface area contributed by atoms with Crippen LogP contribution in [0.1, 0.15) is 23.7 Å². The van der Waals surface area contributed by atoms with Gasteiger partial charge < -0.3 is 9.84 Å². The Hall–Kier alpha value is -1.94. The lowest BCUT2D eigenvalue weighted by Gasteiger charge is -2.12. The SMILES string of the molecule is COc1ccc(CCC(O)c2cccc(F)c2F)cc1. The lowest BCUT2D eigenvalue weighted by Crippen LogP contribution is -2.04. The smallest absolute Gasteiger partial charge is 0.164 e. The number of benzene rings is 2. The Morgan fingerprint density at radius 1 is 1.10 bits per heavy atom. The highest BCUT2D eigenvalue weighted by Gasteiger charge is 2.15. The van der Waals surface area contributed by atoms with Crippen molar-refractivity contribution in [2.45, 2.75) is 18.9 Å². The van der Waals surface area contributed by atoms with Gasteiger partial charge in [-0.2, -0.15) is 0 Å². The fraction of sp³-hybridized carbons (Fsp3) is 0.250. The molecule has 1 N–H and O–H groups in total. The maximum atomic E-state index is 13.5. The van der Waals surface area contributed by atoms with Gasteiger partial charge in [-0.05, 0) is 36.6 Å². The van der Waals surface area contributed by atoms with E-state index in [9.17, 15) is 13.9 Å². The van der Waals surface area contributed by atoms with E-state index in [0.29, 0.717) is 12.8 Å². The predicted molar refractivity (Wildman–Crippen MR) is 72.6 cm³/mol. The standard InChI is InChI=1S/C16H16F2O2/c1-20-12-8-5-11(6-9-12)7-10-15(19)13-3-2-4-14(17)16(13)18/h2-6,8-9,15,19H,7,10H2,1H3. The van der Waals surface area contributed by atoms with Crippen LogP contribution in [0, 0.1) is 11.6 Å². The number of methoxy groups -OCH3 is 1. The summed E-state index contributed by atoms with van der Waals surface area (Å²) in [5.74, 6) is -1.16. The van der Waals surface area contributed by atoms with E-state index in [2.05, 4.69) is 0 Å². The number of hydrogen-bond donors (Lipinski definition) is 1. The molecule has 0 aliphatic carbocycles. The first kappa shape index (κ1) is 14.5. The van der Waals surface area contributed by atoms with E-state index in [0.717, 1.165) is 17.4 Å². The first-order valence-corrected chi connectivity index (χ1v) is 6.36. The zero-order valence-corrected chi connectivity index (χ0v) is 11.1. The molecule has 0 fully saturated rings. The first-order chi connectivity index (χ1) is 9.61. The molecule has 0 radical (unpaired) electrons. The minimum absolute atomic E-state index is 0.00138. The van der Waals surface area contributed by atoms with Gasteiger partial charge >= 0.3 is 0 Å². The molecule has 1 atom stereocenters. The summed E-state index contributed by atoms with van der Waals surface area (Å²) in [4.78, 5) is 0. The molecule has 0 aliphatic rings. The molecule has 106 valence electrons. The summed E-state index contributed by atoms with van der Waals surface area (Å²) in [6.07, 6.45) is -0.124. The summed E-state index contributed by atoms with van der Waals surface area (Å²) in [7, 11) is 1.59. The molecule has 0 saturated heterocycles. The highest BCUT2D eigenvalue weighted by atomic mass is 19.2. The van der Waals surface area contributed by atoms with Gasteiger partial charge in [0.1, 0.15) is 5.75 Å². The van der Waals surface area contributed by atoms with Gasteiger partial charge in [0.25, 0.3) is 0 Å². The Labute approximate surface area is 116 Å². The lowest BCUT2D eigenvalue weighted by atomic mass is 10.0. The normalized spacial score (nSPS) is 12.2. The summed E-state index contributed by atoms with van der Waals surface area (Å²) in [5, 5.41) is 9.96. The Balaban J connectivity index is 2.00. The van der Waals surface area contributed by atoms with Crippen LogP contribution in [-0.4, -0.2) is 12.2 Å². The second-order valence-corrected chi connectivity index (χ2v) is 4.55. The Morgan fingerprint density at radius 3 is 2.45 bits per heavy atom. The molecule has 0 heterocycles. The van der Waals surface area contributed by atoms with E-state index < -0.39 is 17.7 Å². The maximum Gasteiger partial charge on any atom is 0.164 e. The summed E-state index contributed by atoms with van der Waals surface area (Å²) in [6.45, 7) is 0. The Bertz CT molecular complexity index is 567. The molecule has 0 amide bonds. The lowest BCUT2D eigenvalue weighted by molar-refractivity contribution is 0.162. The van der Waals surface area contributed by atoms with Crippen molar-refractivity contribution < 1.29 is 18.6 Å². The van der Waals surface area contributed by atoms with E-state index in [4.69, 9.17) is 4.74 Å². The quantitative estimate of drug-likeness (QED) is 0.904. The van der Waals surface area contributed by atoms with Crippen molar-refractivity contribution in [3.05, 3.63) is 65.2 Å². The van der Waals surface area contributed by atoms with Crippen molar-refractivity contribution in [1.29, 1.82) is 0 Å². The minimum Gasteiger partial charge on any atom is -0.497 e. The molecule has 2 aromatic rings. The van der Waals surface area contributed by atoms with Crippen LogP contribution >= 0.6 is 0 Å². The van der Waals surface area contributed by atoms with E-state index in [-0.39, 0.29) is 5.56 Å². The predicted octanol–water partition coefficient (Wildman–Crippen LogP) is 3.64. The Kier molecular flexibility index (Phi) is 4.69. The molecular formula is C16H16F2O2. The van der Waals surface area contributed by atoms with E-state index in [1.165, 1.54) is 12.1 Å². The number of hydrogen-bond acceptors (Lipinski definition) is 2. The van der Waals surface area contributed by atoms with Crippen LogP contribution in [0.3, 0.4) is 0 Å². The number of rotatable bonds is 5. The average molecular weight is 278 g/mol. The molecular weight excluding hydrogens is 262 g/mol. The van der Waals surface area contributed by atoms with Gasteiger partial charge in [-0.15, -0.1) is 0 Å². The summed E-state index contributed by atoms with van der Waals surface area (Å²) in [5.41, 5.74) is 1.00. The second kappa shape index (κ2) is 6.48. The van der Waals surface area contributed by atoms with Crippen molar-refractivity contribution in [3.8, 4) is 5.75 Å². The molecule has 0 aromatic heterocycles. The van der Waals surface area contributed by atoms with Gasteiger partial charge in [0, 0.05) is 5.56 Å². The molecule has 0 saturated carbocycles. The van der Waals surface area contributed by atoms with Crippen molar-refractivity contribution in [2.75, 3.05) is 7.11 Å². The average Bonchev–Trinajstić information content (AvgIpc) is 2.48. The molecule has 0 spiro atoms. The van der Waals surface area contributed by atoms with Gasteiger partial charge in [-0.1, -0.05) is 24.3 Å². The molecule has 2 aromatic carbocycles. The van der Waals surface area contributed by atoms with Crippen LogP contribution in [0.25, 0.3) is 0 Å². The van der Waals surface area contributed by atoms with Crippen LogP contribution in [0.15, 0.2) is 42.5 Å². The zero-order valence-electron chi connectivity index (χ0n) is 11.1. The maximum absolute atomic E-state index is 13.5. The summed E-state index contributed by atoms with van der Waals surface area (Å²) < 4.78 is 31.7. The summed E-state index contributed by atoms with van der Waals surface area (Å²) >= 11 is 0. The van der Waals surface area contributed by atoms with Crippen LogP contribution in [0.2, 0.25) is 0 Å². The fourth-order valence-corrected chi connectivity index (χ4v) is 2.03. The molecule has 0 bridgehead atoms. The molecule has 0 aliphatic heterocycles. The topological polar surface area (TPSA) is 29.5 Å². The fourth-order valence-electron chi connectivity index (χ4n) is 2.03. The monoisotopic (exact) mass is 278 g/mol. The zero-order chi connectivity index (χ0) is 14.5. The van der Waals surface area contributed by atoms with Gasteiger partial charge in [0.2, 0.25) is 0 Å². The van der Waals surface area contributed by atoms with Crippen molar-refractivity contribution >= 4 is 0 Å². The molecule has 20 heavy (non-hydrogen) atoms. The minimum atomic E-state index is -1.02. The number of ether oxygens (including phenoxy) is 1. The van der Waals surface area contributed by atoms with Crippen LogP contribution < -0.4 is 4.74 Å².